The summed E-state index contributed by atoms with van der Waals surface area (Å²) < 4.78 is 32.6. The van der Waals surface area contributed by atoms with Gasteiger partial charge >= 0.3 is 12.7 Å². The van der Waals surface area contributed by atoms with E-state index in [1.165, 1.54) is 24.3 Å². The Labute approximate surface area is 91.2 Å². The first-order valence-corrected chi connectivity index (χ1v) is 4.62. The molecule has 6 heteroatoms. The summed E-state index contributed by atoms with van der Waals surface area (Å²) in [7, 11) is 0. The average Bonchev–Trinajstić information content (AvgIpc) is 2.20. The molecule has 0 aliphatic carbocycles. The van der Waals surface area contributed by atoms with Crippen molar-refractivity contribution >= 4 is 6.09 Å². The van der Waals surface area contributed by atoms with Crippen molar-refractivity contribution in [3.05, 3.63) is 24.3 Å². The van der Waals surface area contributed by atoms with Gasteiger partial charge < -0.3 is 14.8 Å². The maximum Gasteiger partial charge on any atom is 0.412 e. The van der Waals surface area contributed by atoms with Gasteiger partial charge in [0, 0.05) is 6.54 Å². The van der Waals surface area contributed by atoms with Gasteiger partial charge in [-0.2, -0.15) is 8.78 Å². The van der Waals surface area contributed by atoms with Crippen LogP contribution >= 0.6 is 0 Å². The van der Waals surface area contributed by atoms with E-state index in [-0.39, 0.29) is 11.5 Å². The van der Waals surface area contributed by atoms with E-state index in [1.54, 1.807) is 6.92 Å². The van der Waals surface area contributed by atoms with Crippen molar-refractivity contribution in [3.8, 4) is 11.5 Å². The predicted octanol–water partition coefficient (Wildman–Crippen LogP) is 2.40. The molecule has 1 amide bonds. The van der Waals surface area contributed by atoms with E-state index in [1.807, 2.05) is 0 Å². The molecule has 0 aromatic heterocycles. The normalized spacial score (nSPS) is 10.0. The van der Waals surface area contributed by atoms with Gasteiger partial charge in [-0.1, -0.05) is 0 Å². The Morgan fingerprint density at radius 2 is 1.88 bits per heavy atom. The number of nitrogens with one attached hydrogen (secondary N) is 1. The molecule has 0 aliphatic rings. The van der Waals surface area contributed by atoms with Gasteiger partial charge in [0.05, 0.1) is 0 Å². The van der Waals surface area contributed by atoms with Gasteiger partial charge in [-0.15, -0.1) is 0 Å². The second kappa shape index (κ2) is 5.89. The van der Waals surface area contributed by atoms with E-state index in [0.717, 1.165) is 0 Å². The summed E-state index contributed by atoms with van der Waals surface area (Å²) in [6.07, 6.45) is -0.593. The Bertz CT molecular complexity index is 340. The van der Waals surface area contributed by atoms with Crippen molar-refractivity contribution in [1.82, 2.24) is 5.32 Å². The summed E-state index contributed by atoms with van der Waals surface area (Å²) in [5, 5.41) is 2.43. The Kier molecular flexibility index (Phi) is 4.50. The minimum atomic E-state index is -2.87. The number of rotatable bonds is 4. The van der Waals surface area contributed by atoms with Crippen LogP contribution in [0.25, 0.3) is 0 Å². The number of carbonyl (C=O) groups excluding carboxylic acids is 1. The summed E-state index contributed by atoms with van der Waals surface area (Å²) in [6.45, 7) is -0.665. The zero-order valence-corrected chi connectivity index (χ0v) is 8.57. The van der Waals surface area contributed by atoms with Crippen molar-refractivity contribution in [1.29, 1.82) is 0 Å². The van der Waals surface area contributed by atoms with Gasteiger partial charge in [0.15, 0.2) is 0 Å². The molecule has 0 atom stereocenters. The van der Waals surface area contributed by atoms with E-state index < -0.39 is 12.7 Å². The van der Waals surface area contributed by atoms with E-state index in [4.69, 9.17) is 4.74 Å². The second-order valence-corrected chi connectivity index (χ2v) is 2.77. The highest BCUT2D eigenvalue weighted by molar-refractivity contribution is 5.70. The van der Waals surface area contributed by atoms with Gasteiger partial charge in [0.25, 0.3) is 0 Å². The maximum atomic E-state index is 11.8. The molecule has 16 heavy (non-hydrogen) atoms. The first kappa shape index (κ1) is 12.2. The number of carbonyl (C=O) groups is 1. The molecule has 88 valence electrons. The largest absolute Gasteiger partial charge is 0.435 e. The second-order valence-electron chi connectivity index (χ2n) is 2.77. The molecule has 4 nitrogen and oxygen atoms in total. The fourth-order valence-electron chi connectivity index (χ4n) is 0.977. The van der Waals surface area contributed by atoms with E-state index in [0.29, 0.717) is 6.54 Å². The number of amides is 1. The molecule has 0 spiro atoms. The van der Waals surface area contributed by atoms with Crippen LogP contribution in [0.4, 0.5) is 13.6 Å². The third-order valence-corrected chi connectivity index (χ3v) is 1.58. The molecular weight excluding hydrogens is 220 g/mol. The van der Waals surface area contributed by atoms with Crippen LogP contribution in [0.2, 0.25) is 0 Å². The molecule has 1 N–H and O–H groups in total. The fraction of sp³-hybridized carbons (Fsp3) is 0.300. The van der Waals surface area contributed by atoms with Gasteiger partial charge in [-0.3, -0.25) is 0 Å². The summed E-state index contributed by atoms with van der Waals surface area (Å²) in [5.41, 5.74) is 0. The Morgan fingerprint density at radius 1 is 1.31 bits per heavy atom. The number of alkyl halides is 2. The van der Waals surface area contributed by atoms with Gasteiger partial charge in [-0.25, -0.2) is 4.79 Å². The lowest BCUT2D eigenvalue weighted by Crippen LogP contribution is -2.26. The number of benzene rings is 1. The average molecular weight is 231 g/mol. The molecule has 0 unspecified atom stereocenters. The summed E-state index contributed by atoms with van der Waals surface area (Å²) in [5.74, 6) is 0.269. The molecule has 0 radical (unpaired) electrons. The number of hydrogen-bond donors (Lipinski definition) is 1. The molecule has 0 fully saturated rings. The van der Waals surface area contributed by atoms with Crippen LogP contribution in [0.3, 0.4) is 0 Å². The molecule has 1 aromatic carbocycles. The summed E-state index contributed by atoms with van der Waals surface area (Å²) >= 11 is 0. The van der Waals surface area contributed by atoms with Gasteiger partial charge in [0.2, 0.25) is 0 Å². The molecule has 0 bridgehead atoms. The van der Waals surface area contributed by atoms with Crippen LogP contribution in [0.1, 0.15) is 6.92 Å². The van der Waals surface area contributed by atoms with Crippen LogP contribution in [0.5, 0.6) is 11.5 Å². The lowest BCUT2D eigenvalue weighted by Gasteiger charge is -2.06. The van der Waals surface area contributed by atoms with Gasteiger partial charge in [-0.05, 0) is 31.2 Å². The third kappa shape index (κ3) is 4.12. The number of hydrogen-bond acceptors (Lipinski definition) is 3. The van der Waals surface area contributed by atoms with E-state index in [2.05, 4.69) is 10.1 Å². The Hall–Kier alpha value is -1.85. The highest BCUT2D eigenvalue weighted by Crippen LogP contribution is 2.19. The monoisotopic (exact) mass is 231 g/mol. The molecule has 1 aromatic rings. The molecule has 1 rings (SSSR count). The van der Waals surface area contributed by atoms with Gasteiger partial charge in [0.1, 0.15) is 11.5 Å². The molecular formula is C10H11F2NO3. The maximum absolute atomic E-state index is 11.8. The molecule has 0 saturated heterocycles. The van der Waals surface area contributed by atoms with Crippen molar-refractivity contribution in [2.24, 2.45) is 0 Å². The quantitative estimate of drug-likeness (QED) is 0.865. The van der Waals surface area contributed by atoms with Crippen molar-refractivity contribution in [2.45, 2.75) is 13.5 Å². The highest BCUT2D eigenvalue weighted by atomic mass is 19.3. The third-order valence-electron chi connectivity index (χ3n) is 1.58. The molecule has 0 heterocycles. The standard InChI is InChI=1S/C10H11F2NO3/c1-2-13-10(14)16-8-5-3-7(4-6-8)15-9(11)12/h3-6,9H,2H2,1H3,(H,13,14). The van der Waals surface area contributed by atoms with E-state index >= 15 is 0 Å². The topological polar surface area (TPSA) is 47.6 Å². The zero-order valence-electron chi connectivity index (χ0n) is 8.57. The van der Waals surface area contributed by atoms with Crippen molar-refractivity contribution in [3.63, 3.8) is 0 Å². The number of halogens is 2. The van der Waals surface area contributed by atoms with Crippen LogP contribution in [-0.2, 0) is 0 Å². The van der Waals surface area contributed by atoms with Crippen LogP contribution in [0, 0.1) is 0 Å². The first-order valence-electron chi connectivity index (χ1n) is 4.62. The lowest BCUT2D eigenvalue weighted by molar-refractivity contribution is -0.0498. The smallest absolute Gasteiger partial charge is 0.412 e. The molecule has 0 saturated carbocycles. The van der Waals surface area contributed by atoms with Crippen LogP contribution < -0.4 is 14.8 Å². The Balaban J connectivity index is 2.54. The lowest BCUT2D eigenvalue weighted by atomic mass is 10.3. The van der Waals surface area contributed by atoms with Crippen molar-refractivity contribution < 1.29 is 23.0 Å². The first-order chi connectivity index (χ1) is 7.61. The number of ether oxygens (including phenoxy) is 2. The van der Waals surface area contributed by atoms with Crippen molar-refractivity contribution in [2.75, 3.05) is 6.54 Å². The molecule has 0 aliphatic heterocycles. The summed E-state index contributed by atoms with van der Waals surface area (Å²) in [6, 6.07) is 5.32. The SMILES string of the molecule is CCNC(=O)Oc1ccc(OC(F)F)cc1. The highest BCUT2D eigenvalue weighted by Gasteiger charge is 2.05. The minimum Gasteiger partial charge on any atom is -0.435 e. The van der Waals surface area contributed by atoms with E-state index in [9.17, 15) is 13.6 Å². The van der Waals surface area contributed by atoms with Crippen LogP contribution in [-0.4, -0.2) is 19.2 Å². The summed E-state index contributed by atoms with van der Waals surface area (Å²) in [4.78, 5) is 11.0. The fourth-order valence-corrected chi connectivity index (χ4v) is 0.977. The Morgan fingerprint density at radius 3 is 2.38 bits per heavy atom. The minimum absolute atomic E-state index is 0.0123. The predicted molar refractivity (Wildman–Crippen MR) is 52.8 cm³/mol. The zero-order chi connectivity index (χ0) is 12.0. The van der Waals surface area contributed by atoms with Crippen LogP contribution in [0.15, 0.2) is 24.3 Å².